The molecule has 0 atom stereocenters. The molecular formula is C22H33N3O2. The summed E-state index contributed by atoms with van der Waals surface area (Å²) in [6, 6.07) is 8.12. The van der Waals surface area contributed by atoms with Crippen LogP contribution in [0.5, 0.6) is 0 Å². The Bertz CT molecular complexity index is 625. The third-order valence-corrected chi connectivity index (χ3v) is 6.15. The van der Waals surface area contributed by atoms with Gasteiger partial charge in [-0.3, -0.25) is 9.59 Å². The zero-order chi connectivity index (χ0) is 19.2. The van der Waals surface area contributed by atoms with E-state index < -0.39 is 0 Å². The summed E-state index contributed by atoms with van der Waals surface area (Å²) in [4.78, 5) is 29.1. The van der Waals surface area contributed by atoms with Crippen LogP contribution in [0.25, 0.3) is 0 Å². The SMILES string of the molecule is CCC(CC)C(=O)N1CCN(c2ccc(NC(=O)C3CCCC3)cc2)CC1. The van der Waals surface area contributed by atoms with E-state index in [1.54, 1.807) is 0 Å². The van der Waals surface area contributed by atoms with Crippen molar-refractivity contribution in [3.63, 3.8) is 0 Å². The number of carbonyl (C=O) groups excluding carboxylic acids is 2. The number of amides is 2. The number of nitrogens with zero attached hydrogens (tertiary/aromatic N) is 2. The average Bonchev–Trinajstić information content (AvgIpc) is 3.25. The van der Waals surface area contributed by atoms with Crippen LogP contribution in [-0.2, 0) is 9.59 Å². The Labute approximate surface area is 163 Å². The maximum absolute atomic E-state index is 12.5. The lowest BCUT2D eigenvalue weighted by Gasteiger charge is -2.37. The first kappa shape index (κ1) is 19.7. The second kappa shape index (κ2) is 9.25. The number of rotatable bonds is 6. The summed E-state index contributed by atoms with van der Waals surface area (Å²) in [6.45, 7) is 7.48. The van der Waals surface area contributed by atoms with E-state index in [1.165, 1.54) is 12.8 Å². The van der Waals surface area contributed by atoms with E-state index in [0.29, 0.717) is 5.91 Å². The molecule has 2 amide bonds. The highest BCUT2D eigenvalue weighted by molar-refractivity contribution is 5.92. The van der Waals surface area contributed by atoms with Crippen molar-refractivity contribution in [2.75, 3.05) is 36.4 Å². The Kier molecular flexibility index (Phi) is 6.75. The van der Waals surface area contributed by atoms with Crippen LogP contribution in [0.4, 0.5) is 11.4 Å². The minimum atomic E-state index is 0.161. The highest BCUT2D eigenvalue weighted by Gasteiger charge is 2.26. The van der Waals surface area contributed by atoms with E-state index in [-0.39, 0.29) is 17.7 Å². The second-order valence-electron chi connectivity index (χ2n) is 7.84. The predicted molar refractivity (Wildman–Crippen MR) is 110 cm³/mol. The molecule has 2 fully saturated rings. The molecule has 1 aliphatic heterocycles. The van der Waals surface area contributed by atoms with Gasteiger partial charge < -0.3 is 15.1 Å². The zero-order valence-electron chi connectivity index (χ0n) is 16.7. The summed E-state index contributed by atoms with van der Waals surface area (Å²) in [5, 5.41) is 3.05. The first-order valence-electron chi connectivity index (χ1n) is 10.6. The molecule has 1 aliphatic carbocycles. The van der Waals surface area contributed by atoms with Crippen LogP contribution in [0.1, 0.15) is 52.4 Å². The monoisotopic (exact) mass is 371 g/mol. The van der Waals surface area contributed by atoms with Crippen molar-refractivity contribution in [1.29, 1.82) is 0 Å². The molecule has 1 saturated heterocycles. The van der Waals surface area contributed by atoms with E-state index >= 15 is 0 Å². The van der Waals surface area contributed by atoms with Gasteiger partial charge >= 0.3 is 0 Å². The molecule has 0 bridgehead atoms. The Balaban J connectivity index is 1.51. The Morgan fingerprint density at radius 2 is 1.59 bits per heavy atom. The van der Waals surface area contributed by atoms with Gasteiger partial charge in [0, 0.05) is 49.4 Å². The van der Waals surface area contributed by atoms with E-state index in [4.69, 9.17) is 0 Å². The highest BCUT2D eigenvalue weighted by atomic mass is 16.2. The van der Waals surface area contributed by atoms with Gasteiger partial charge in [0.15, 0.2) is 0 Å². The fourth-order valence-electron chi connectivity index (χ4n) is 4.27. The van der Waals surface area contributed by atoms with Crippen molar-refractivity contribution in [3.8, 4) is 0 Å². The van der Waals surface area contributed by atoms with Gasteiger partial charge in [-0.1, -0.05) is 26.7 Å². The number of benzene rings is 1. The summed E-state index contributed by atoms with van der Waals surface area (Å²) in [5.41, 5.74) is 2.03. The number of anilines is 2. The maximum Gasteiger partial charge on any atom is 0.227 e. The minimum absolute atomic E-state index is 0.161. The molecule has 5 nitrogen and oxygen atoms in total. The van der Waals surface area contributed by atoms with Gasteiger partial charge in [-0.05, 0) is 49.9 Å². The molecule has 27 heavy (non-hydrogen) atoms. The molecule has 148 valence electrons. The third-order valence-electron chi connectivity index (χ3n) is 6.15. The maximum atomic E-state index is 12.5. The van der Waals surface area contributed by atoms with Crippen LogP contribution in [0, 0.1) is 11.8 Å². The van der Waals surface area contributed by atoms with Crippen LogP contribution >= 0.6 is 0 Å². The van der Waals surface area contributed by atoms with Crippen LogP contribution in [-0.4, -0.2) is 42.9 Å². The standard InChI is InChI=1S/C22H33N3O2/c1-3-17(4-2)22(27)25-15-13-24(14-16-25)20-11-9-19(10-12-20)23-21(26)18-7-5-6-8-18/h9-12,17-18H,3-8,13-16H2,1-2H3,(H,23,26). The number of carbonyl (C=O) groups is 2. The number of nitrogens with one attached hydrogen (secondary N) is 1. The Morgan fingerprint density at radius 3 is 2.15 bits per heavy atom. The van der Waals surface area contributed by atoms with Gasteiger partial charge in [0.05, 0.1) is 0 Å². The van der Waals surface area contributed by atoms with E-state index in [2.05, 4.69) is 36.2 Å². The van der Waals surface area contributed by atoms with E-state index in [1.807, 2.05) is 17.0 Å². The van der Waals surface area contributed by atoms with Crippen molar-refractivity contribution in [2.45, 2.75) is 52.4 Å². The van der Waals surface area contributed by atoms with Crippen LogP contribution in [0.2, 0.25) is 0 Å². The molecule has 1 saturated carbocycles. The smallest absolute Gasteiger partial charge is 0.227 e. The van der Waals surface area contributed by atoms with E-state index in [0.717, 1.165) is 63.2 Å². The fraction of sp³-hybridized carbons (Fsp3) is 0.636. The number of piperazine rings is 1. The predicted octanol–water partition coefficient (Wildman–Crippen LogP) is 3.90. The van der Waals surface area contributed by atoms with E-state index in [9.17, 15) is 9.59 Å². The summed E-state index contributed by atoms with van der Waals surface area (Å²) in [5.74, 6) is 0.822. The molecule has 2 aliphatic rings. The summed E-state index contributed by atoms with van der Waals surface area (Å²) in [7, 11) is 0. The second-order valence-corrected chi connectivity index (χ2v) is 7.84. The molecular weight excluding hydrogens is 338 g/mol. The van der Waals surface area contributed by atoms with Crippen molar-refractivity contribution in [3.05, 3.63) is 24.3 Å². The number of hydrogen-bond donors (Lipinski definition) is 1. The summed E-state index contributed by atoms with van der Waals surface area (Å²) < 4.78 is 0. The minimum Gasteiger partial charge on any atom is -0.368 e. The van der Waals surface area contributed by atoms with Gasteiger partial charge in [0.25, 0.3) is 0 Å². The molecule has 0 radical (unpaired) electrons. The molecule has 0 spiro atoms. The van der Waals surface area contributed by atoms with Gasteiger partial charge in [0.1, 0.15) is 0 Å². The quantitative estimate of drug-likeness (QED) is 0.825. The summed E-state index contributed by atoms with van der Waals surface area (Å²) >= 11 is 0. The topological polar surface area (TPSA) is 52.7 Å². The highest BCUT2D eigenvalue weighted by Crippen LogP contribution is 2.27. The van der Waals surface area contributed by atoms with Crippen LogP contribution in [0.15, 0.2) is 24.3 Å². The lowest BCUT2D eigenvalue weighted by Crippen LogP contribution is -2.50. The Hall–Kier alpha value is -2.04. The lowest BCUT2D eigenvalue weighted by atomic mass is 10.0. The first-order valence-corrected chi connectivity index (χ1v) is 10.6. The third kappa shape index (κ3) is 4.82. The van der Waals surface area contributed by atoms with Crippen molar-refractivity contribution in [1.82, 2.24) is 4.90 Å². The Morgan fingerprint density at radius 1 is 1.00 bits per heavy atom. The van der Waals surface area contributed by atoms with Crippen molar-refractivity contribution < 1.29 is 9.59 Å². The summed E-state index contributed by atoms with van der Waals surface area (Å²) in [6.07, 6.45) is 6.21. The van der Waals surface area contributed by atoms with Gasteiger partial charge in [-0.2, -0.15) is 0 Å². The molecule has 5 heteroatoms. The molecule has 1 heterocycles. The average molecular weight is 372 g/mol. The van der Waals surface area contributed by atoms with Gasteiger partial charge in [-0.25, -0.2) is 0 Å². The first-order chi connectivity index (χ1) is 13.1. The largest absolute Gasteiger partial charge is 0.368 e. The molecule has 1 aromatic carbocycles. The van der Waals surface area contributed by atoms with Gasteiger partial charge in [0.2, 0.25) is 11.8 Å². The lowest BCUT2D eigenvalue weighted by molar-refractivity contribution is -0.136. The van der Waals surface area contributed by atoms with Crippen molar-refractivity contribution in [2.24, 2.45) is 11.8 Å². The number of hydrogen-bond acceptors (Lipinski definition) is 3. The molecule has 3 rings (SSSR count). The van der Waals surface area contributed by atoms with Crippen LogP contribution in [0.3, 0.4) is 0 Å². The molecule has 0 unspecified atom stereocenters. The van der Waals surface area contributed by atoms with Crippen molar-refractivity contribution >= 4 is 23.2 Å². The fourth-order valence-corrected chi connectivity index (χ4v) is 4.27. The van der Waals surface area contributed by atoms with Crippen LogP contribution < -0.4 is 10.2 Å². The zero-order valence-corrected chi connectivity index (χ0v) is 16.7. The molecule has 1 N–H and O–H groups in total. The molecule has 0 aromatic heterocycles. The van der Waals surface area contributed by atoms with Gasteiger partial charge in [-0.15, -0.1) is 0 Å². The molecule has 1 aromatic rings. The normalized spacial score (nSPS) is 18.2.